The van der Waals surface area contributed by atoms with Gasteiger partial charge in [0.1, 0.15) is 0 Å². The van der Waals surface area contributed by atoms with Gasteiger partial charge in [-0.05, 0) is 0 Å². The van der Waals surface area contributed by atoms with Crippen LogP contribution in [0.2, 0.25) is 0 Å². The third-order valence-corrected chi connectivity index (χ3v) is 1.58. The number of hydrogen-bond donors (Lipinski definition) is 0. The Bertz CT molecular complexity index is 187. The largest absolute Gasteiger partial charge is 0.481 e. The Hall–Kier alpha value is -0.260. The molecule has 0 saturated heterocycles. The average molecular weight is 204 g/mol. The van der Waals surface area contributed by atoms with Gasteiger partial charge in [-0.25, -0.2) is 4.57 Å². The van der Waals surface area contributed by atoms with Gasteiger partial charge in [0.2, 0.25) is 0 Å². The molecule has 0 aliphatic heterocycles. The van der Waals surface area contributed by atoms with E-state index in [1.807, 2.05) is 0 Å². The quantitative estimate of drug-likeness (QED) is 0.473. The zero-order valence-corrected chi connectivity index (χ0v) is 5.40. The van der Waals surface area contributed by atoms with E-state index in [1.165, 1.54) is 0 Å². The molecule has 0 heterocycles. The van der Waals surface area contributed by atoms with Gasteiger partial charge in [-0.3, -0.25) is 0 Å². The molecule has 0 atom stereocenters. The lowest BCUT2D eigenvalue weighted by atomic mass is 10.7. The molecule has 0 amide bonds. The van der Waals surface area contributed by atoms with Crippen molar-refractivity contribution in [2.24, 2.45) is 0 Å². The highest BCUT2D eigenvalue weighted by Gasteiger charge is 2.71. The van der Waals surface area contributed by atoms with Crippen LogP contribution in [0.1, 0.15) is 0 Å². The predicted octanol–water partition coefficient (Wildman–Crippen LogP) is 3.27. The van der Waals surface area contributed by atoms with Gasteiger partial charge in [-0.2, -0.15) is 22.0 Å². The lowest BCUT2D eigenvalue weighted by Gasteiger charge is -2.16. The molecular formula is C2F7OP. The van der Waals surface area contributed by atoms with Gasteiger partial charge in [0.15, 0.2) is 0 Å². The molecule has 0 unspecified atom stereocenters. The minimum atomic E-state index is -7.45. The highest BCUT2D eigenvalue weighted by Crippen LogP contribution is 2.68. The summed E-state index contributed by atoms with van der Waals surface area (Å²) in [5, 5.41) is 0. The number of halogens is 7. The zero-order chi connectivity index (χ0) is 9.50. The van der Waals surface area contributed by atoms with Crippen LogP contribution in [0.5, 0.6) is 0 Å². The van der Waals surface area contributed by atoms with Crippen molar-refractivity contribution in [3.8, 4) is 0 Å². The average Bonchev–Trinajstić information content (AvgIpc) is 1.58. The van der Waals surface area contributed by atoms with Crippen molar-refractivity contribution in [2.75, 3.05) is 0 Å². The van der Waals surface area contributed by atoms with Crippen LogP contribution in [0, 0.1) is 0 Å². The van der Waals surface area contributed by atoms with Gasteiger partial charge in [-0.1, -0.05) is 0 Å². The summed E-state index contributed by atoms with van der Waals surface area (Å²) in [7, 11) is -7.45. The Balaban J connectivity index is 4.91. The third kappa shape index (κ3) is 1.85. The summed E-state index contributed by atoms with van der Waals surface area (Å²) in [6.07, 6.45) is -6.47. The molecule has 0 radical (unpaired) electrons. The van der Waals surface area contributed by atoms with Crippen LogP contribution in [0.15, 0.2) is 0 Å². The van der Waals surface area contributed by atoms with E-state index in [9.17, 15) is 30.3 Å². The summed E-state index contributed by atoms with van der Waals surface area (Å²) in [4.78, 5) is 0. The van der Waals surface area contributed by atoms with E-state index in [0.29, 0.717) is 0 Å². The molecule has 9 heteroatoms. The lowest BCUT2D eigenvalue weighted by Crippen LogP contribution is -2.33. The van der Waals surface area contributed by atoms with E-state index >= 15 is 0 Å². The molecule has 0 aromatic carbocycles. The first-order chi connectivity index (χ1) is 4.50. The highest BCUT2D eigenvalue weighted by atomic mass is 31.2. The molecule has 0 aromatic heterocycles. The van der Waals surface area contributed by atoms with Crippen molar-refractivity contribution in [1.29, 1.82) is 0 Å². The maximum absolute atomic E-state index is 11.3. The molecule has 0 saturated carbocycles. The summed E-state index contributed by atoms with van der Waals surface area (Å²) < 4.78 is 86.6. The van der Waals surface area contributed by atoms with Gasteiger partial charge in [-0.15, -0.1) is 8.39 Å². The minimum absolute atomic E-state index is 6.40. The van der Waals surface area contributed by atoms with E-state index in [1.54, 1.807) is 0 Å². The highest BCUT2D eigenvalue weighted by molar-refractivity contribution is 7.54. The van der Waals surface area contributed by atoms with E-state index < -0.39 is 19.6 Å². The molecule has 0 aliphatic carbocycles. The van der Waals surface area contributed by atoms with Gasteiger partial charge in [0.05, 0.1) is 0 Å². The number of hydrogen-bond acceptors (Lipinski definition) is 1. The van der Waals surface area contributed by atoms with E-state index in [4.69, 9.17) is 4.57 Å². The maximum atomic E-state index is 11.3. The van der Waals surface area contributed by atoms with Crippen LogP contribution < -0.4 is 0 Å². The Kier molecular flexibility index (Phi) is 2.31. The normalized spacial score (nSPS) is 15.2. The fourth-order valence-corrected chi connectivity index (χ4v) is 0.443. The van der Waals surface area contributed by atoms with Crippen LogP contribution in [-0.4, -0.2) is 11.8 Å². The van der Waals surface area contributed by atoms with Crippen molar-refractivity contribution in [1.82, 2.24) is 0 Å². The predicted molar refractivity (Wildman–Crippen MR) is 20.8 cm³/mol. The number of rotatable bonds is 1. The molecule has 68 valence electrons. The summed E-state index contributed by atoms with van der Waals surface area (Å²) >= 11 is 0. The second kappa shape index (κ2) is 2.36. The third-order valence-electron chi connectivity index (χ3n) is 0.668. The van der Waals surface area contributed by atoms with E-state index in [-0.39, 0.29) is 0 Å². The van der Waals surface area contributed by atoms with Crippen molar-refractivity contribution in [2.45, 2.75) is 11.8 Å². The SMILES string of the molecule is O=P(F)(F)C(F)(F)C(F)(F)F. The molecule has 0 rings (SSSR count). The first-order valence-corrected chi connectivity index (χ1v) is 3.43. The fraction of sp³-hybridized carbons (Fsp3) is 1.00. The molecule has 0 aromatic rings. The summed E-state index contributed by atoms with van der Waals surface area (Å²) in [5.74, 6) is 0. The minimum Gasteiger partial charge on any atom is -0.243 e. The first kappa shape index (κ1) is 10.7. The molecule has 0 bridgehead atoms. The first-order valence-electron chi connectivity index (χ1n) is 1.94. The molecule has 0 fully saturated rings. The zero-order valence-electron chi connectivity index (χ0n) is 4.50. The van der Waals surface area contributed by atoms with Gasteiger partial charge in [0, 0.05) is 0 Å². The van der Waals surface area contributed by atoms with Crippen molar-refractivity contribution in [3.05, 3.63) is 0 Å². The Morgan fingerprint density at radius 3 is 1.18 bits per heavy atom. The topological polar surface area (TPSA) is 17.1 Å². The molecular weight excluding hydrogens is 204 g/mol. The Morgan fingerprint density at radius 2 is 1.18 bits per heavy atom. The lowest BCUT2D eigenvalue weighted by molar-refractivity contribution is -0.246. The van der Waals surface area contributed by atoms with Crippen LogP contribution >= 0.6 is 7.76 Å². The van der Waals surface area contributed by atoms with Crippen LogP contribution in [0.3, 0.4) is 0 Å². The van der Waals surface area contributed by atoms with Crippen molar-refractivity contribution >= 4 is 7.76 Å². The van der Waals surface area contributed by atoms with Gasteiger partial charge < -0.3 is 0 Å². The van der Waals surface area contributed by atoms with Crippen molar-refractivity contribution in [3.63, 3.8) is 0 Å². The van der Waals surface area contributed by atoms with Crippen LogP contribution in [0.4, 0.5) is 30.3 Å². The summed E-state index contributed by atoms with van der Waals surface area (Å²) in [5.41, 5.74) is -6.40. The molecule has 11 heavy (non-hydrogen) atoms. The standard InChI is InChI=1S/C2F7OP/c3-1(4,5)2(6,7)11(8,9)10. The molecule has 0 spiro atoms. The summed E-state index contributed by atoms with van der Waals surface area (Å²) in [6, 6.07) is 0. The van der Waals surface area contributed by atoms with E-state index in [0.717, 1.165) is 0 Å². The second-order valence-corrected chi connectivity index (χ2v) is 2.99. The van der Waals surface area contributed by atoms with Gasteiger partial charge >= 0.3 is 19.6 Å². The molecule has 0 N–H and O–H groups in total. The number of alkyl halides is 5. The van der Waals surface area contributed by atoms with Crippen LogP contribution in [0.25, 0.3) is 0 Å². The van der Waals surface area contributed by atoms with E-state index in [2.05, 4.69) is 0 Å². The Labute approximate surface area is 55.8 Å². The summed E-state index contributed by atoms with van der Waals surface area (Å²) in [6.45, 7) is 0. The molecule has 0 aliphatic rings. The molecule has 1 nitrogen and oxygen atoms in total. The fourth-order valence-electron chi connectivity index (χ4n) is 0.148. The monoisotopic (exact) mass is 204 g/mol. The van der Waals surface area contributed by atoms with Gasteiger partial charge in [0.25, 0.3) is 0 Å². The second-order valence-electron chi connectivity index (χ2n) is 1.50. The Morgan fingerprint density at radius 1 is 0.909 bits per heavy atom. The maximum Gasteiger partial charge on any atom is 0.481 e. The van der Waals surface area contributed by atoms with Crippen molar-refractivity contribution < 1.29 is 34.9 Å². The smallest absolute Gasteiger partial charge is 0.243 e. The van der Waals surface area contributed by atoms with Crippen LogP contribution in [-0.2, 0) is 4.57 Å².